The second-order valence-electron chi connectivity index (χ2n) is 4.78. The number of nitrogens with zero attached hydrogens (tertiary/aromatic N) is 2. The zero-order valence-electron chi connectivity index (χ0n) is 12.0. The molecule has 3 rings (SSSR count). The van der Waals surface area contributed by atoms with Crippen molar-refractivity contribution in [1.82, 2.24) is 9.97 Å². The van der Waals surface area contributed by atoms with E-state index in [0.29, 0.717) is 34.0 Å². The van der Waals surface area contributed by atoms with Gasteiger partial charge in [-0.3, -0.25) is 0 Å². The first-order valence-corrected chi connectivity index (χ1v) is 7.68. The fourth-order valence-corrected chi connectivity index (χ4v) is 2.38. The molecule has 0 aliphatic carbocycles. The summed E-state index contributed by atoms with van der Waals surface area (Å²) in [5.74, 6) is 1.73. The number of anilines is 1. The Morgan fingerprint density at radius 1 is 0.913 bits per heavy atom. The molecule has 1 N–H and O–H groups in total. The highest BCUT2D eigenvalue weighted by Crippen LogP contribution is 2.23. The van der Waals surface area contributed by atoms with Gasteiger partial charge in [0.15, 0.2) is 0 Å². The number of hydrogen-bond acceptors (Lipinski definition) is 4. The molecule has 6 heteroatoms. The van der Waals surface area contributed by atoms with Gasteiger partial charge in [-0.2, -0.15) is 0 Å². The summed E-state index contributed by atoms with van der Waals surface area (Å²) in [5.41, 5.74) is 1.06. The van der Waals surface area contributed by atoms with Gasteiger partial charge in [-0.1, -0.05) is 41.4 Å². The molecular weight excluding hydrogens is 333 g/mol. The molecule has 1 aromatic heterocycles. The van der Waals surface area contributed by atoms with Crippen molar-refractivity contribution in [1.29, 1.82) is 0 Å². The smallest absolute Gasteiger partial charge is 0.224 e. The van der Waals surface area contributed by atoms with E-state index in [1.807, 2.05) is 36.4 Å². The van der Waals surface area contributed by atoms with Crippen molar-refractivity contribution in [2.75, 3.05) is 5.32 Å². The minimum atomic E-state index is 0.441. The molecule has 0 bridgehead atoms. The van der Waals surface area contributed by atoms with E-state index < -0.39 is 0 Å². The van der Waals surface area contributed by atoms with Crippen molar-refractivity contribution >= 4 is 29.0 Å². The monoisotopic (exact) mass is 345 g/mol. The zero-order chi connectivity index (χ0) is 16.1. The highest BCUT2D eigenvalue weighted by Gasteiger charge is 2.03. The quantitative estimate of drug-likeness (QED) is 0.691. The lowest BCUT2D eigenvalue weighted by molar-refractivity contribution is 0.462. The number of ether oxygens (including phenoxy) is 1. The number of nitrogens with one attached hydrogen (secondary N) is 1. The molecule has 2 aromatic carbocycles. The van der Waals surface area contributed by atoms with E-state index in [1.54, 1.807) is 18.2 Å². The fourth-order valence-electron chi connectivity index (χ4n) is 1.98. The highest BCUT2D eigenvalue weighted by atomic mass is 35.5. The van der Waals surface area contributed by atoms with Crippen LogP contribution in [0.5, 0.6) is 11.6 Å². The van der Waals surface area contributed by atoms with Crippen LogP contribution < -0.4 is 10.1 Å². The van der Waals surface area contributed by atoms with Crippen LogP contribution in [0.25, 0.3) is 0 Å². The largest absolute Gasteiger partial charge is 0.439 e. The van der Waals surface area contributed by atoms with E-state index in [2.05, 4.69) is 15.3 Å². The second kappa shape index (κ2) is 7.31. The molecule has 0 atom stereocenters. The molecule has 0 radical (unpaired) electrons. The Bertz CT molecular complexity index is 811. The molecule has 1 heterocycles. The Labute approximate surface area is 144 Å². The summed E-state index contributed by atoms with van der Waals surface area (Å²) < 4.78 is 5.67. The van der Waals surface area contributed by atoms with Crippen LogP contribution >= 0.6 is 23.2 Å². The number of rotatable bonds is 5. The first-order chi connectivity index (χ1) is 11.2. The second-order valence-corrected chi connectivity index (χ2v) is 5.66. The summed E-state index contributed by atoms with van der Waals surface area (Å²) in [6.45, 7) is 0.605. The van der Waals surface area contributed by atoms with Crippen molar-refractivity contribution in [3.63, 3.8) is 0 Å². The van der Waals surface area contributed by atoms with Crippen LogP contribution in [0.15, 0.2) is 60.9 Å². The molecule has 0 spiro atoms. The van der Waals surface area contributed by atoms with Gasteiger partial charge in [-0.25, -0.2) is 9.97 Å². The maximum absolute atomic E-state index is 5.97. The van der Waals surface area contributed by atoms with E-state index in [1.165, 1.54) is 6.33 Å². The zero-order valence-corrected chi connectivity index (χ0v) is 13.6. The maximum Gasteiger partial charge on any atom is 0.224 e. The first-order valence-electron chi connectivity index (χ1n) is 6.93. The molecule has 0 saturated heterocycles. The maximum atomic E-state index is 5.97. The fraction of sp³-hybridized carbons (Fsp3) is 0.0588. The normalized spacial score (nSPS) is 10.3. The van der Waals surface area contributed by atoms with Crippen LogP contribution in [0.4, 0.5) is 5.82 Å². The van der Waals surface area contributed by atoms with Gasteiger partial charge in [-0.05, 0) is 35.9 Å². The molecule has 4 nitrogen and oxygen atoms in total. The molecule has 0 saturated carbocycles. The lowest BCUT2D eigenvalue weighted by Crippen LogP contribution is -2.02. The summed E-state index contributed by atoms with van der Waals surface area (Å²) in [7, 11) is 0. The van der Waals surface area contributed by atoms with Crippen molar-refractivity contribution < 1.29 is 4.74 Å². The van der Waals surface area contributed by atoms with Crippen LogP contribution in [-0.4, -0.2) is 9.97 Å². The lowest BCUT2D eigenvalue weighted by Gasteiger charge is -2.08. The molecule has 3 aromatic rings. The summed E-state index contributed by atoms with van der Waals surface area (Å²) >= 11 is 11.9. The minimum Gasteiger partial charge on any atom is -0.439 e. The van der Waals surface area contributed by atoms with E-state index in [4.69, 9.17) is 27.9 Å². The molecule has 0 aliphatic rings. The minimum absolute atomic E-state index is 0.441. The highest BCUT2D eigenvalue weighted by molar-refractivity contribution is 6.30. The molecule has 116 valence electrons. The predicted molar refractivity (Wildman–Crippen MR) is 92.3 cm³/mol. The summed E-state index contributed by atoms with van der Waals surface area (Å²) in [4.78, 5) is 8.27. The van der Waals surface area contributed by atoms with Gasteiger partial charge in [0.1, 0.15) is 17.9 Å². The summed E-state index contributed by atoms with van der Waals surface area (Å²) in [6, 6.07) is 16.5. The van der Waals surface area contributed by atoms with Crippen molar-refractivity contribution in [3.05, 3.63) is 76.5 Å². The third-order valence-corrected chi connectivity index (χ3v) is 3.49. The Morgan fingerprint density at radius 2 is 1.70 bits per heavy atom. The van der Waals surface area contributed by atoms with Crippen molar-refractivity contribution in [2.24, 2.45) is 0 Å². The van der Waals surface area contributed by atoms with Gasteiger partial charge >= 0.3 is 0 Å². The topological polar surface area (TPSA) is 47.0 Å². The van der Waals surface area contributed by atoms with Crippen LogP contribution in [0.1, 0.15) is 5.56 Å². The van der Waals surface area contributed by atoms with Crippen molar-refractivity contribution in [3.8, 4) is 11.6 Å². The number of hydrogen-bond donors (Lipinski definition) is 1. The van der Waals surface area contributed by atoms with Gasteiger partial charge in [0, 0.05) is 22.7 Å². The SMILES string of the molecule is Clc1cccc(CNc2cc(Oc3cccc(Cl)c3)ncn2)c1. The van der Waals surface area contributed by atoms with E-state index in [0.717, 1.165) is 5.56 Å². The van der Waals surface area contributed by atoms with Crippen LogP contribution in [0.3, 0.4) is 0 Å². The Morgan fingerprint density at radius 3 is 2.48 bits per heavy atom. The Balaban J connectivity index is 1.67. The molecular formula is C17H13Cl2N3O. The average molecular weight is 346 g/mol. The average Bonchev–Trinajstić information content (AvgIpc) is 2.53. The molecule has 23 heavy (non-hydrogen) atoms. The van der Waals surface area contributed by atoms with E-state index in [9.17, 15) is 0 Å². The van der Waals surface area contributed by atoms with Crippen molar-refractivity contribution in [2.45, 2.75) is 6.54 Å². The van der Waals surface area contributed by atoms with Crippen LogP contribution in [0.2, 0.25) is 10.0 Å². The van der Waals surface area contributed by atoms with Gasteiger partial charge in [0.25, 0.3) is 0 Å². The number of aromatic nitrogens is 2. The van der Waals surface area contributed by atoms with Gasteiger partial charge < -0.3 is 10.1 Å². The van der Waals surface area contributed by atoms with Gasteiger partial charge in [0.2, 0.25) is 5.88 Å². The lowest BCUT2D eigenvalue weighted by atomic mass is 10.2. The number of benzene rings is 2. The van der Waals surface area contributed by atoms with Crippen LogP contribution in [0, 0.1) is 0 Å². The summed E-state index contributed by atoms with van der Waals surface area (Å²) in [6.07, 6.45) is 1.44. The van der Waals surface area contributed by atoms with E-state index >= 15 is 0 Å². The molecule has 0 aliphatic heterocycles. The number of halogens is 2. The first kappa shape index (κ1) is 15.6. The Kier molecular flexibility index (Phi) is 4.95. The molecule has 0 fully saturated rings. The third-order valence-electron chi connectivity index (χ3n) is 3.02. The van der Waals surface area contributed by atoms with Gasteiger partial charge in [0.05, 0.1) is 0 Å². The molecule has 0 unspecified atom stereocenters. The molecule has 0 amide bonds. The third kappa shape index (κ3) is 4.58. The van der Waals surface area contributed by atoms with Crippen LogP contribution in [-0.2, 0) is 6.54 Å². The Hall–Kier alpha value is -2.30. The predicted octanol–water partition coefficient (Wildman–Crippen LogP) is 5.19. The standard InChI is InChI=1S/C17H13Cl2N3O/c18-13-4-1-3-12(7-13)10-20-16-9-17(22-11-21-16)23-15-6-2-5-14(19)8-15/h1-9,11H,10H2,(H,20,21,22). The summed E-state index contributed by atoms with van der Waals surface area (Å²) in [5, 5.41) is 4.52. The van der Waals surface area contributed by atoms with E-state index in [-0.39, 0.29) is 0 Å². The van der Waals surface area contributed by atoms with Gasteiger partial charge in [-0.15, -0.1) is 0 Å².